The first-order valence-corrected chi connectivity index (χ1v) is 8.53. The maximum atomic E-state index is 11.8. The Balaban J connectivity index is 2.10. The van der Waals surface area contributed by atoms with E-state index in [1.807, 2.05) is 0 Å². The van der Waals surface area contributed by atoms with Gasteiger partial charge in [-0.3, -0.25) is 0 Å². The van der Waals surface area contributed by atoms with E-state index in [1.54, 1.807) is 51.1 Å². The molecule has 0 saturated heterocycles. The Hall–Kier alpha value is -2.87. The molecule has 0 bridgehead atoms. The highest BCUT2D eigenvalue weighted by molar-refractivity contribution is 6.29. The molecule has 1 aromatic carbocycles. The maximum absolute atomic E-state index is 11.8. The molecule has 0 radical (unpaired) electrons. The van der Waals surface area contributed by atoms with Crippen molar-refractivity contribution in [2.24, 2.45) is 0 Å². The van der Waals surface area contributed by atoms with Crippen LogP contribution in [-0.4, -0.2) is 38.8 Å². The zero-order chi connectivity index (χ0) is 20.2. The van der Waals surface area contributed by atoms with E-state index in [1.165, 1.54) is 0 Å². The number of nitrogens with one attached hydrogen (secondary N) is 1. The van der Waals surface area contributed by atoms with E-state index in [4.69, 9.17) is 22.1 Å². The number of hydrogen-bond acceptors (Lipinski definition) is 6. The van der Waals surface area contributed by atoms with Crippen LogP contribution in [-0.2, 0) is 16.0 Å². The molecule has 2 rings (SSSR count). The molecule has 9 heteroatoms. The predicted molar refractivity (Wildman–Crippen MR) is 101 cm³/mol. The van der Waals surface area contributed by atoms with Gasteiger partial charge in [-0.1, -0.05) is 35.9 Å². The molecule has 8 nitrogen and oxygen atoms in total. The molecule has 0 aliphatic rings. The number of carbonyl (C=O) groups is 2. The van der Waals surface area contributed by atoms with Crippen molar-refractivity contribution in [1.82, 2.24) is 15.3 Å². The van der Waals surface area contributed by atoms with Crippen LogP contribution in [0.2, 0.25) is 5.15 Å². The second kappa shape index (κ2) is 8.22. The number of carboxylic acids is 1. The summed E-state index contributed by atoms with van der Waals surface area (Å²) in [6, 6.07) is 7.48. The number of aromatic nitrogens is 2. The summed E-state index contributed by atoms with van der Waals surface area (Å²) in [6.45, 7) is 5.10. The van der Waals surface area contributed by atoms with Crippen LogP contribution >= 0.6 is 11.6 Å². The second-order valence-corrected chi connectivity index (χ2v) is 7.26. The van der Waals surface area contributed by atoms with E-state index >= 15 is 0 Å². The number of amides is 1. The quantitative estimate of drug-likeness (QED) is 0.667. The third kappa shape index (κ3) is 6.41. The molecular weight excluding hydrogens is 372 g/mol. The minimum Gasteiger partial charge on any atom is -0.480 e. The zero-order valence-electron chi connectivity index (χ0n) is 15.2. The van der Waals surface area contributed by atoms with Crippen LogP contribution in [0.1, 0.15) is 26.3 Å². The average Bonchev–Trinajstić information content (AvgIpc) is 2.52. The lowest BCUT2D eigenvalue weighted by Gasteiger charge is -2.22. The van der Waals surface area contributed by atoms with E-state index in [0.29, 0.717) is 5.69 Å². The van der Waals surface area contributed by atoms with E-state index in [2.05, 4.69) is 15.3 Å². The fourth-order valence-corrected chi connectivity index (χ4v) is 2.47. The van der Waals surface area contributed by atoms with Crippen LogP contribution in [0.15, 0.2) is 30.3 Å². The van der Waals surface area contributed by atoms with Crippen LogP contribution in [0.3, 0.4) is 0 Å². The third-order valence-electron chi connectivity index (χ3n) is 3.39. The number of anilines is 1. The Morgan fingerprint density at radius 2 is 1.89 bits per heavy atom. The normalized spacial score (nSPS) is 12.3. The number of carbonyl (C=O) groups excluding carboxylic acids is 1. The van der Waals surface area contributed by atoms with E-state index in [9.17, 15) is 14.7 Å². The SMILES string of the molecule is CC(C)(C)OC(=O)N[C@H](Cc1ccc(-c2cc(Cl)nc(N)n2)cc1)C(=O)O. The number of halogens is 1. The molecule has 1 aromatic heterocycles. The van der Waals surface area contributed by atoms with E-state index in [0.717, 1.165) is 11.1 Å². The molecule has 0 fully saturated rings. The molecule has 2 aromatic rings. The summed E-state index contributed by atoms with van der Waals surface area (Å²) < 4.78 is 5.10. The van der Waals surface area contributed by atoms with Gasteiger partial charge in [0, 0.05) is 18.1 Å². The molecule has 0 saturated carbocycles. The highest BCUT2D eigenvalue weighted by Crippen LogP contribution is 2.21. The monoisotopic (exact) mass is 392 g/mol. The van der Waals surface area contributed by atoms with Gasteiger partial charge in [0.2, 0.25) is 5.95 Å². The van der Waals surface area contributed by atoms with Crippen molar-refractivity contribution in [3.63, 3.8) is 0 Å². The van der Waals surface area contributed by atoms with Crippen LogP contribution < -0.4 is 11.1 Å². The molecule has 1 atom stereocenters. The zero-order valence-corrected chi connectivity index (χ0v) is 15.9. The Labute approximate surface area is 161 Å². The summed E-state index contributed by atoms with van der Waals surface area (Å²) >= 11 is 5.88. The van der Waals surface area contributed by atoms with Crippen molar-refractivity contribution in [1.29, 1.82) is 0 Å². The fourth-order valence-electron chi connectivity index (χ4n) is 2.28. The second-order valence-electron chi connectivity index (χ2n) is 6.87. The largest absolute Gasteiger partial charge is 0.480 e. The van der Waals surface area contributed by atoms with Crippen molar-refractivity contribution >= 4 is 29.6 Å². The van der Waals surface area contributed by atoms with Gasteiger partial charge in [0.05, 0.1) is 5.69 Å². The maximum Gasteiger partial charge on any atom is 0.408 e. The molecule has 144 valence electrons. The minimum atomic E-state index is -1.15. The standard InChI is InChI=1S/C18H21ClN4O4/c1-18(2,3)27-17(26)22-13(15(24)25)8-10-4-6-11(7-5-10)12-9-14(19)23-16(20)21-12/h4-7,9,13H,8H2,1-3H3,(H,22,26)(H,24,25)(H2,20,21,23)/t13-/m1/s1. The molecule has 0 aliphatic heterocycles. The van der Waals surface area contributed by atoms with Gasteiger partial charge in [0.15, 0.2) is 0 Å². The highest BCUT2D eigenvalue weighted by Gasteiger charge is 2.24. The van der Waals surface area contributed by atoms with Crippen molar-refractivity contribution < 1.29 is 19.4 Å². The first-order valence-electron chi connectivity index (χ1n) is 8.15. The average molecular weight is 393 g/mol. The van der Waals surface area contributed by atoms with Gasteiger partial charge in [-0.2, -0.15) is 0 Å². The summed E-state index contributed by atoms with van der Waals surface area (Å²) in [5, 5.41) is 12.0. The molecule has 1 amide bonds. The number of nitrogens with two attached hydrogens (primary N) is 1. The lowest BCUT2D eigenvalue weighted by molar-refractivity contribution is -0.139. The Bertz CT molecular complexity index is 814. The highest BCUT2D eigenvalue weighted by atomic mass is 35.5. The van der Waals surface area contributed by atoms with E-state index in [-0.39, 0.29) is 17.5 Å². The van der Waals surface area contributed by atoms with Crippen LogP contribution in [0.25, 0.3) is 11.3 Å². The molecule has 0 aliphatic carbocycles. The van der Waals surface area contributed by atoms with Gasteiger partial charge >= 0.3 is 12.1 Å². The van der Waals surface area contributed by atoms with Crippen LogP contribution in [0.5, 0.6) is 0 Å². The number of nitrogens with zero attached hydrogens (tertiary/aromatic N) is 2. The summed E-state index contributed by atoms with van der Waals surface area (Å²) in [5.74, 6) is -1.09. The topological polar surface area (TPSA) is 127 Å². The molecule has 1 heterocycles. The number of rotatable bonds is 5. The number of aliphatic carboxylic acids is 1. The van der Waals surface area contributed by atoms with Crippen LogP contribution in [0.4, 0.5) is 10.7 Å². The first-order chi connectivity index (χ1) is 12.5. The third-order valence-corrected chi connectivity index (χ3v) is 3.58. The van der Waals surface area contributed by atoms with Gasteiger partial charge in [0.25, 0.3) is 0 Å². The summed E-state index contributed by atoms with van der Waals surface area (Å²) in [4.78, 5) is 31.2. The Morgan fingerprint density at radius 3 is 2.41 bits per heavy atom. The van der Waals surface area contributed by atoms with Gasteiger partial charge < -0.3 is 20.9 Å². The molecule has 4 N–H and O–H groups in total. The smallest absolute Gasteiger partial charge is 0.408 e. The first kappa shape index (κ1) is 20.4. The predicted octanol–water partition coefficient (Wildman–Crippen LogP) is 2.90. The van der Waals surface area contributed by atoms with Crippen molar-refractivity contribution in [2.45, 2.75) is 38.8 Å². The number of benzene rings is 1. The Kier molecular flexibility index (Phi) is 6.22. The number of carboxylic acid groups (broad SMARTS) is 1. The number of alkyl carbamates (subject to hydrolysis) is 1. The van der Waals surface area contributed by atoms with Crippen molar-refractivity contribution in [2.75, 3.05) is 5.73 Å². The van der Waals surface area contributed by atoms with Gasteiger partial charge in [0.1, 0.15) is 16.8 Å². The number of ether oxygens (including phenoxy) is 1. The van der Waals surface area contributed by atoms with Gasteiger partial charge in [-0.05, 0) is 26.3 Å². The van der Waals surface area contributed by atoms with Crippen LogP contribution in [0, 0.1) is 0 Å². The van der Waals surface area contributed by atoms with Gasteiger partial charge in [-0.25, -0.2) is 19.6 Å². The number of nitrogen functional groups attached to an aromatic ring is 1. The summed E-state index contributed by atoms with van der Waals surface area (Å²) in [6.07, 6.45) is -0.681. The summed E-state index contributed by atoms with van der Waals surface area (Å²) in [7, 11) is 0. The molecule has 27 heavy (non-hydrogen) atoms. The Morgan fingerprint density at radius 1 is 1.26 bits per heavy atom. The van der Waals surface area contributed by atoms with Gasteiger partial charge in [-0.15, -0.1) is 0 Å². The van der Waals surface area contributed by atoms with Crippen molar-refractivity contribution in [3.05, 3.63) is 41.0 Å². The molecule has 0 spiro atoms. The fraction of sp³-hybridized carbons (Fsp3) is 0.333. The lowest BCUT2D eigenvalue weighted by atomic mass is 10.0. The minimum absolute atomic E-state index is 0.0640. The lowest BCUT2D eigenvalue weighted by Crippen LogP contribution is -2.44. The van der Waals surface area contributed by atoms with Crippen molar-refractivity contribution in [3.8, 4) is 11.3 Å². The number of hydrogen-bond donors (Lipinski definition) is 3. The molecular formula is C18H21ClN4O4. The molecule has 0 unspecified atom stereocenters. The summed E-state index contributed by atoms with van der Waals surface area (Å²) in [5.41, 5.74) is 6.90. The van der Waals surface area contributed by atoms with E-state index < -0.39 is 23.7 Å².